The van der Waals surface area contributed by atoms with Gasteiger partial charge in [0.2, 0.25) is 0 Å². The van der Waals surface area contributed by atoms with E-state index in [2.05, 4.69) is 16.0 Å². The third-order valence-corrected chi connectivity index (χ3v) is 3.33. The fraction of sp³-hybridized carbons (Fsp3) is 0.400. The highest BCUT2D eigenvalue weighted by Gasteiger charge is 2.14. The molecule has 0 unspecified atom stereocenters. The lowest BCUT2D eigenvalue weighted by atomic mass is 10.1. The molecule has 3 nitrogen and oxygen atoms in total. The van der Waals surface area contributed by atoms with Crippen LogP contribution in [0.1, 0.15) is 30.8 Å². The molecule has 102 valence electrons. The Kier molecular flexibility index (Phi) is 4.48. The molecule has 0 saturated heterocycles. The van der Waals surface area contributed by atoms with Gasteiger partial charge >= 0.3 is 0 Å². The summed E-state index contributed by atoms with van der Waals surface area (Å²) < 4.78 is 5.49. The number of ether oxygens (including phenoxy) is 1. The monoisotopic (exact) mass is 278 g/mol. The smallest absolute Gasteiger partial charge is 0.137 e. The SMILES string of the molecule is CC.Cc1[nH]c(-c2ccc3c(c2)CCO3)nc1CCl. The average molecular weight is 279 g/mol. The van der Waals surface area contributed by atoms with Crippen LogP contribution >= 0.6 is 11.6 Å². The molecular formula is C15H19ClN2O. The second-order valence-electron chi connectivity index (χ2n) is 4.21. The van der Waals surface area contributed by atoms with Gasteiger partial charge in [-0.1, -0.05) is 13.8 Å². The van der Waals surface area contributed by atoms with Crippen LogP contribution in [0.15, 0.2) is 18.2 Å². The molecule has 0 bridgehead atoms. The molecule has 0 spiro atoms. The van der Waals surface area contributed by atoms with Crippen molar-refractivity contribution in [1.29, 1.82) is 0 Å². The van der Waals surface area contributed by atoms with Crippen LogP contribution in [0.2, 0.25) is 0 Å². The number of H-pyrrole nitrogens is 1. The van der Waals surface area contributed by atoms with Crippen LogP contribution in [0.4, 0.5) is 0 Å². The minimum atomic E-state index is 0.441. The number of nitrogens with zero attached hydrogens (tertiary/aromatic N) is 1. The van der Waals surface area contributed by atoms with Crippen molar-refractivity contribution in [1.82, 2.24) is 9.97 Å². The van der Waals surface area contributed by atoms with Crippen molar-refractivity contribution in [2.75, 3.05) is 6.61 Å². The van der Waals surface area contributed by atoms with Crippen LogP contribution in [0.25, 0.3) is 11.4 Å². The molecule has 1 aliphatic heterocycles. The van der Waals surface area contributed by atoms with Crippen molar-refractivity contribution >= 4 is 11.6 Å². The Morgan fingerprint density at radius 1 is 1.37 bits per heavy atom. The predicted molar refractivity (Wildman–Crippen MR) is 78.9 cm³/mol. The first-order chi connectivity index (χ1) is 9.28. The number of aromatic amines is 1. The van der Waals surface area contributed by atoms with E-state index in [9.17, 15) is 0 Å². The van der Waals surface area contributed by atoms with E-state index in [4.69, 9.17) is 16.3 Å². The molecule has 19 heavy (non-hydrogen) atoms. The predicted octanol–water partition coefficient (Wildman–Crippen LogP) is 4.09. The van der Waals surface area contributed by atoms with Crippen molar-refractivity contribution in [3.05, 3.63) is 35.2 Å². The fourth-order valence-electron chi connectivity index (χ4n) is 2.10. The Hall–Kier alpha value is -1.48. The van der Waals surface area contributed by atoms with Crippen LogP contribution in [0.3, 0.4) is 0 Å². The van der Waals surface area contributed by atoms with E-state index < -0.39 is 0 Å². The number of aryl methyl sites for hydroxylation is 1. The maximum Gasteiger partial charge on any atom is 0.137 e. The van der Waals surface area contributed by atoms with Crippen LogP contribution in [0.5, 0.6) is 5.75 Å². The van der Waals surface area contributed by atoms with Crippen molar-refractivity contribution in [3.63, 3.8) is 0 Å². The summed E-state index contributed by atoms with van der Waals surface area (Å²) >= 11 is 5.82. The molecule has 0 radical (unpaired) electrons. The Morgan fingerprint density at radius 2 is 2.16 bits per heavy atom. The van der Waals surface area contributed by atoms with Gasteiger partial charge < -0.3 is 9.72 Å². The normalized spacial score (nSPS) is 12.4. The lowest BCUT2D eigenvalue weighted by Gasteiger charge is -2.01. The summed E-state index contributed by atoms with van der Waals surface area (Å²) in [5.74, 6) is 2.32. The van der Waals surface area contributed by atoms with Gasteiger partial charge in [-0.05, 0) is 30.7 Å². The van der Waals surface area contributed by atoms with Crippen LogP contribution < -0.4 is 4.74 Å². The summed E-state index contributed by atoms with van der Waals surface area (Å²) in [6.45, 7) is 6.77. The summed E-state index contributed by atoms with van der Waals surface area (Å²) in [6.07, 6.45) is 0.977. The van der Waals surface area contributed by atoms with Crippen molar-refractivity contribution < 1.29 is 4.74 Å². The minimum absolute atomic E-state index is 0.441. The maximum atomic E-state index is 5.82. The Morgan fingerprint density at radius 3 is 2.84 bits per heavy atom. The fourth-order valence-corrected chi connectivity index (χ4v) is 2.36. The number of nitrogens with one attached hydrogen (secondary N) is 1. The van der Waals surface area contributed by atoms with E-state index in [1.807, 2.05) is 32.9 Å². The molecule has 0 aliphatic carbocycles. The van der Waals surface area contributed by atoms with E-state index in [0.29, 0.717) is 5.88 Å². The number of hydrogen-bond acceptors (Lipinski definition) is 2. The topological polar surface area (TPSA) is 37.9 Å². The molecule has 0 fully saturated rings. The van der Waals surface area contributed by atoms with E-state index in [1.165, 1.54) is 5.56 Å². The van der Waals surface area contributed by atoms with Gasteiger partial charge in [0.25, 0.3) is 0 Å². The van der Waals surface area contributed by atoms with Crippen LogP contribution in [-0.4, -0.2) is 16.6 Å². The van der Waals surface area contributed by atoms with E-state index in [1.54, 1.807) is 0 Å². The van der Waals surface area contributed by atoms with Gasteiger partial charge in [0.1, 0.15) is 11.6 Å². The lowest BCUT2D eigenvalue weighted by Crippen LogP contribution is -1.85. The Balaban J connectivity index is 0.000000637. The van der Waals surface area contributed by atoms with Crippen molar-refractivity contribution in [2.45, 2.75) is 33.1 Å². The molecule has 0 saturated carbocycles. The van der Waals surface area contributed by atoms with Crippen LogP contribution in [0, 0.1) is 6.92 Å². The van der Waals surface area contributed by atoms with E-state index >= 15 is 0 Å². The third-order valence-electron chi connectivity index (χ3n) is 3.08. The van der Waals surface area contributed by atoms with Gasteiger partial charge in [0, 0.05) is 17.7 Å². The number of benzene rings is 1. The zero-order valence-electron chi connectivity index (χ0n) is 11.6. The maximum absolute atomic E-state index is 5.82. The molecule has 1 aromatic heterocycles. The average Bonchev–Trinajstić information content (AvgIpc) is 3.06. The second-order valence-corrected chi connectivity index (χ2v) is 4.48. The van der Waals surface area contributed by atoms with Gasteiger partial charge in [-0.25, -0.2) is 4.98 Å². The number of rotatable bonds is 2. The summed E-state index contributed by atoms with van der Waals surface area (Å²) in [5, 5.41) is 0. The highest BCUT2D eigenvalue weighted by atomic mass is 35.5. The lowest BCUT2D eigenvalue weighted by molar-refractivity contribution is 0.357. The Bertz CT molecular complexity index is 563. The van der Waals surface area contributed by atoms with Gasteiger partial charge in [-0.15, -0.1) is 11.6 Å². The minimum Gasteiger partial charge on any atom is -0.493 e. The van der Waals surface area contributed by atoms with Gasteiger partial charge in [-0.3, -0.25) is 0 Å². The molecule has 1 aliphatic rings. The molecule has 0 amide bonds. The molecule has 2 heterocycles. The number of hydrogen-bond donors (Lipinski definition) is 1. The molecule has 1 aromatic carbocycles. The second kappa shape index (κ2) is 6.11. The highest BCUT2D eigenvalue weighted by Crippen LogP contribution is 2.29. The zero-order chi connectivity index (χ0) is 13.8. The summed E-state index contributed by atoms with van der Waals surface area (Å²) in [4.78, 5) is 7.76. The van der Waals surface area contributed by atoms with Crippen LogP contribution in [-0.2, 0) is 12.3 Å². The van der Waals surface area contributed by atoms with Crippen molar-refractivity contribution in [3.8, 4) is 17.1 Å². The van der Waals surface area contributed by atoms with Gasteiger partial charge in [0.05, 0.1) is 18.2 Å². The van der Waals surface area contributed by atoms with E-state index in [0.717, 1.165) is 41.6 Å². The third kappa shape index (κ3) is 2.76. The number of fused-ring (bicyclic) bond motifs is 1. The van der Waals surface area contributed by atoms with Gasteiger partial charge in [-0.2, -0.15) is 0 Å². The molecule has 2 aromatic rings. The first kappa shape index (κ1) is 13.9. The molecule has 4 heteroatoms. The summed E-state index contributed by atoms with van der Waals surface area (Å²) in [5.41, 5.74) is 4.29. The number of alkyl halides is 1. The Labute approximate surface area is 119 Å². The molecular weight excluding hydrogens is 260 g/mol. The quantitative estimate of drug-likeness (QED) is 0.841. The first-order valence-corrected chi connectivity index (χ1v) is 7.19. The van der Waals surface area contributed by atoms with Crippen molar-refractivity contribution in [2.24, 2.45) is 0 Å². The van der Waals surface area contributed by atoms with E-state index in [-0.39, 0.29) is 0 Å². The number of imidazole rings is 1. The summed E-state index contributed by atoms with van der Waals surface area (Å²) in [6, 6.07) is 6.18. The number of halogens is 1. The summed E-state index contributed by atoms with van der Waals surface area (Å²) in [7, 11) is 0. The van der Waals surface area contributed by atoms with Gasteiger partial charge in [0.15, 0.2) is 0 Å². The number of aromatic nitrogens is 2. The zero-order valence-corrected chi connectivity index (χ0v) is 12.3. The standard InChI is InChI=1S/C13H13ClN2O.C2H6/c1-8-11(7-14)16-13(15-8)10-2-3-12-9(6-10)4-5-17-12;1-2/h2-3,6H,4-5,7H2,1H3,(H,15,16);1-2H3. The molecule has 1 N–H and O–H groups in total. The molecule has 3 rings (SSSR count). The largest absolute Gasteiger partial charge is 0.493 e. The highest BCUT2D eigenvalue weighted by molar-refractivity contribution is 6.17. The first-order valence-electron chi connectivity index (χ1n) is 6.65. The molecule has 0 atom stereocenters.